The third kappa shape index (κ3) is 21.2. The zero-order valence-electron chi connectivity index (χ0n) is 64.4. The van der Waals surface area contributed by atoms with E-state index < -0.39 is 260 Å². The number of amides is 8. The Morgan fingerprint density at radius 1 is 0.717 bits per heavy atom. The van der Waals surface area contributed by atoms with Crippen molar-refractivity contribution in [3.05, 3.63) is 147 Å². The van der Waals surface area contributed by atoms with E-state index in [1.54, 1.807) is 32.0 Å². The number of rotatable bonds is 24. The summed E-state index contributed by atoms with van der Waals surface area (Å²) in [6, 6.07) is 5.61. The molecule has 24 N–H and O–H groups in total. The van der Waals surface area contributed by atoms with Crippen LogP contribution < -0.4 is 78.7 Å². The number of carbonyl (C=O) groups excluding carboxylic acids is 9. The van der Waals surface area contributed by atoms with Crippen LogP contribution in [0.2, 0.25) is 10.0 Å². The third-order valence-electron chi connectivity index (χ3n) is 20.6. The number of hydrogen-bond donors (Lipinski definition) is 21. The van der Waals surface area contributed by atoms with Crippen LogP contribution in [0.3, 0.4) is 0 Å². The number of carboxylic acid groups (broad SMARTS) is 1. The van der Waals surface area contributed by atoms with Gasteiger partial charge in [-0.3, -0.25) is 47.9 Å². The molecule has 644 valence electrons. The average Bonchev–Trinajstić information content (AvgIpc) is 0.770. The third-order valence-corrected chi connectivity index (χ3v) is 22.0. The van der Waals surface area contributed by atoms with E-state index in [9.17, 15) is 79.8 Å². The van der Waals surface area contributed by atoms with Crippen LogP contribution in [0.4, 0.5) is 0 Å². The molecule has 0 aliphatic carbocycles. The highest BCUT2D eigenvalue weighted by molar-refractivity contribution is 8.13. The fourth-order valence-electron chi connectivity index (χ4n) is 14.2. The number of aliphatic hydroxyl groups is 6. The first kappa shape index (κ1) is 90.0. The van der Waals surface area contributed by atoms with Gasteiger partial charge in [-0.2, -0.15) is 0 Å². The van der Waals surface area contributed by atoms with Crippen molar-refractivity contribution >= 4 is 93.3 Å². The molecule has 2 saturated heterocycles. The van der Waals surface area contributed by atoms with E-state index in [1.165, 1.54) is 24.8 Å². The van der Waals surface area contributed by atoms with Crippen molar-refractivity contribution < 1.29 is 132 Å². The van der Waals surface area contributed by atoms with Crippen LogP contribution in [-0.4, -0.2) is 220 Å². The second-order valence-corrected chi connectivity index (χ2v) is 31.4. The maximum absolute atomic E-state index is 16.3. The first-order valence-electron chi connectivity index (χ1n) is 37.9. The Hall–Kier alpha value is -10.7. The number of carbonyl (C=O) groups is 10. The highest BCUT2D eigenvalue weighted by atomic mass is 35.5. The lowest BCUT2D eigenvalue weighted by molar-refractivity contribution is -0.334. The van der Waals surface area contributed by atoms with Gasteiger partial charge in [0, 0.05) is 48.4 Å². The highest BCUT2D eigenvalue weighted by Gasteiger charge is 2.52. The average molecular weight is 1730 g/mol. The normalized spacial score (nSPS) is 26.5. The molecule has 8 amide bonds. The molecule has 0 aromatic heterocycles. The summed E-state index contributed by atoms with van der Waals surface area (Å²) >= 11 is 15.5. The van der Waals surface area contributed by atoms with Gasteiger partial charge in [0.05, 0.1) is 47.9 Å². The minimum Gasteiger partial charge on any atom is -0.508 e. The molecule has 0 spiro atoms. The van der Waals surface area contributed by atoms with Gasteiger partial charge in [0.25, 0.3) is 0 Å². The van der Waals surface area contributed by atoms with Gasteiger partial charge in [0.2, 0.25) is 59.3 Å². The van der Waals surface area contributed by atoms with Crippen molar-refractivity contribution in [3.8, 4) is 62.9 Å². The number of aromatic hydroxyl groups is 3. The molecule has 7 heterocycles. The van der Waals surface area contributed by atoms with Crippen molar-refractivity contribution in [1.29, 1.82) is 0 Å². The van der Waals surface area contributed by atoms with Gasteiger partial charge < -0.3 is 144 Å². The topological polar surface area (TPSA) is 612 Å². The van der Waals surface area contributed by atoms with Gasteiger partial charge in [-0.05, 0) is 140 Å². The molecule has 18 atom stereocenters. The van der Waals surface area contributed by atoms with Gasteiger partial charge >= 0.3 is 5.97 Å². The first-order valence-corrected chi connectivity index (χ1v) is 39.6. The van der Waals surface area contributed by atoms with Crippen LogP contribution in [0.1, 0.15) is 123 Å². The standard InChI is InChI=1S/C79H91Cl2N11O27S/c1-33-70(105)79(3,86-30-35-8-6-9-41(20-35)113-18-7-19-120-34(2)94)29-57(114-33)118-69-67(104)66(103)54(32-93)117-78(69)119-68-52-24-39-25-53(68)116-51-16-13-38(23-45(51)81)65(102)63-77(112)90-61(73(108)85-31-56(99)100)43-26-40(95)27-49(97)58(43)42-21-36(11-14-48(42)96)59(74(109)92-63)89-75(110)60(39)88-72(107)47(28-55(84)98)87-76(111)62(91-71(106)46(83)10-4-5-17-82)64(101)37-12-15-50(115-52)44(80)22-37/h6,8-9,11-16,20-27,33,46-47,54,57,59-67,69-70,78,86,93,95-97,101-105H,4-5,7,10,17-19,28-32,82-83H2,1-3H3,(H2,84,98)(H,85,108)(H,87,111)(H,88,107)(H,89,110)(H,90,112)(H,91,106)(H,92,109)(H,99,100)/t33-,46-,47-,54+,57-,59+,60+,61-,62+,63-,64+,65+,66+,67-,69+,70+,78-,79-/m0/s1. The monoisotopic (exact) mass is 1730 g/mol. The van der Waals surface area contributed by atoms with Gasteiger partial charge in [-0.25, -0.2) is 0 Å². The van der Waals surface area contributed by atoms with E-state index in [1.807, 2.05) is 6.07 Å². The number of fused-ring (bicyclic) bond motifs is 15. The number of nitrogens with two attached hydrogens (primary N) is 3. The van der Waals surface area contributed by atoms with Crippen molar-refractivity contribution in [2.45, 2.75) is 175 Å². The molecule has 0 radical (unpaired) electrons. The van der Waals surface area contributed by atoms with Gasteiger partial charge in [-0.1, -0.05) is 71.7 Å². The summed E-state index contributed by atoms with van der Waals surface area (Å²) in [6.07, 6.45) is -18.0. The smallest absolute Gasteiger partial charge is 0.322 e. The minimum absolute atomic E-state index is 0.0224. The Bertz CT molecular complexity index is 4880. The molecule has 0 unspecified atom stereocenters. The summed E-state index contributed by atoms with van der Waals surface area (Å²) in [7, 11) is 0. The summed E-state index contributed by atoms with van der Waals surface area (Å²) < 4.78 is 45.4. The second-order valence-electron chi connectivity index (χ2n) is 29.4. The predicted molar refractivity (Wildman–Crippen MR) is 423 cm³/mol. The largest absolute Gasteiger partial charge is 0.508 e. The van der Waals surface area contributed by atoms with E-state index in [2.05, 4.69) is 42.5 Å². The van der Waals surface area contributed by atoms with Gasteiger partial charge in [0.15, 0.2) is 29.0 Å². The lowest BCUT2D eigenvalue weighted by Gasteiger charge is -2.48. The number of carboxylic acids is 1. The SMILES string of the molecule is CC(=O)SCCCOc1cccc(CN[C@@]2(C)C[C@H](O[C@H]3[C@H](Oc4c5cc6cc4Oc4ccc(cc4Cl)[C@@H](O)[C@@H](NC(=O)[C@@H](N)CCCCN)C(=O)N[C@@H](CC(N)=O)C(=O)N[C@H]6C(=O)N[C@H]4C(=O)N[C@H](C(=O)N[C@H](C(=O)NCC(=O)O)c6cc(O)cc(O)c6-c6cc4ccc6O)[C@H](O)c4ccc(c(Cl)c4)O5)O[C@H](CO)[C@@H](O)[C@@H]3O)O[C@@H](C)[C@H]2O)c1. The first-order chi connectivity index (χ1) is 57.0. The molecule has 120 heavy (non-hydrogen) atoms. The molecule has 6 aromatic carbocycles. The van der Waals surface area contributed by atoms with Crippen molar-refractivity contribution in [2.24, 2.45) is 17.2 Å². The fourth-order valence-corrected chi connectivity index (χ4v) is 15.3. The maximum atomic E-state index is 16.3. The quantitative estimate of drug-likeness (QED) is 0.0375. The Morgan fingerprint density at radius 3 is 2.02 bits per heavy atom. The molecule has 13 rings (SSSR count). The Balaban J connectivity index is 1.10. The number of phenols is 3. The number of aliphatic carboxylic acids is 1. The van der Waals surface area contributed by atoms with Crippen LogP contribution in [-0.2, 0) is 68.7 Å². The number of primary amides is 1. The summed E-state index contributed by atoms with van der Waals surface area (Å²) in [5.74, 6) is -16.6. The van der Waals surface area contributed by atoms with Crippen molar-refractivity contribution in [1.82, 2.24) is 42.5 Å². The van der Waals surface area contributed by atoms with E-state index in [0.29, 0.717) is 37.4 Å². The van der Waals surface area contributed by atoms with Crippen LogP contribution in [0, 0.1) is 0 Å². The molecule has 7 aliphatic rings. The van der Waals surface area contributed by atoms with Gasteiger partial charge in [0.1, 0.15) is 108 Å². The van der Waals surface area contributed by atoms with E-state index >= 15 is 19.2 Å². The molecular formula is C79H91Cl2N11O27S. The lowest BCUT2D eigenvalue weighted by atomic mass is 9.84. The summed E-state index contributed by atoms with van der Waals surface area (Å²) in [6.45, 7) is 3.29. The number of ether oxygens (including phenoxy) is 7. The number of halogens is 2. The van der Waals surface area contributed by atoms with Crippen LogP contribution in [0.5, 0.6) is 51.7 Å². The van der Waals surface area contributed by atoms with Crippen LogP contribution >= 0.6 is 35.0 Å². The molecule has 0 saturated carbocycles. The Morgan fingerprint density at radius 2 is 1.38 bits per heavy atom. The molecule has 41 heteroatoms. The number of thioether (sulfide) groups is 1. The van der Waals surface area contributed by atoms with Crippen LogP contribution in [0.15, 0.2) is 103 Å². The molecular weight excluding hydrogens is 1640 g/mol. The zero-order chi connectivity index (χ0) is 86.9. The minimum atomic E-state index is -2.41. The molecule has 7 aliphatic heterocycles. The van der Waals surface area contributed by atoms with Gasteiger partial charge in [-0.15, -0.1) is 0 Å². The predicted octanol–water partition coefficient (Wildman–Crippen LogP) is 0.924. The molecule has 6 aromatic rings. The lowest BCUT2D eigenvalue weighted by Crippen LogP contribution is -2.65. The Labute approximate surface area is 698 Å². The van der Waals surface area contributed by atoms with Crippen LogP contribution in [0.25, 0.3) is 11.1 Å². The number of hydrogen-bond acceptors (Lipinski definition) is 30. The zero-order valence-corrected chi connectivity index (χ0v) is 66.8. The van der Waals surface area contributed by atoms with Crippen molar-refractivity contribution in [2.75, 3.05) is 32.1 Å². The van der Waals surface area contributed by atoms with Crippen molar-refractivity contribution in [3.63, 3.8) is 0 Å². The Kier molecular flexibility index (Phi) is 29.4. The molecule has 2 fully saturated rings. The highest BCUT2D eigenvalue weighted by Crippen LogP contribution is 2.50. The second kappa shape index (κ2) is 39.2. The summed E-state index contributed by atoms with van der Waals surface area (Å²) in [5.41, 5.74) is 14.1. The summed E-state index contributed by atoms with van der Waals surface area (Å²) in [5, 5.41) is 135. The van der Waals surface area contributed by atoms with E-state index in [4.69, 9.17) is 73.6 Å². The maximum Gasteiger partial charge on any atom is 0.322 e. The number of aliphatic hydroxyl groups excluding tert-OH is 6. The number of unbranched alkanes of at least 4 members (excludes halogenated alkanes) is 1. The number of phenolic OH excluding ortho intramolecular Hbond substituents is 3. The van der Waals surface area contributed by atoms with E-state index in [-0.39, 0.29) is 47.9 Å². The van der Waals surface area contributed by atoms with E-state index in [0.717, 1.165) is 78.4 Å². The fraction of sp³-hybridized carbons (Fsp3) is 0.418. The number of benzene rings is 6. The molecule has 38 nitrogen and oxygen atoms in total. The summed E-state index contributed by atoms with van der Waals surface area (Å²) in [4.78, 5) is 143. The molecule has 11 bridgehead atoms. The number of nitrogens with one attached hydrogen (secondary N) is 8.